The highest BCUT2D eigenvalue weighted by atomic mass is 16.4. The van der Waals surface area contributed by atoms with Crippen LogP contribution in [0.15, 0.2) is 191 Å². The van der Waals surface area contributed by atoms with Crippen LogP contribution in [-0.4, -0.2) is 29.9 Å². The van der Waals surface area contributed by atoms with Gasteiger partial charge in [-0.25, -0.2) is 29.3 Å². The van der Waals surface area contributed by atoms with Crippen LogP contribution < -0.4 is 16.9 Å². The van der Waals surface area contributed by atoms with Crippen LogP contribution in [0.3, 0.4) is 0 Å². The van der Waals surface area contributed by atoms with Crippen LogP contribution >= 0.6 is 0 Å². The number of aromatic nitrogens is 6. The summed E-state index contributed by atoms with van der Waals surface area (Å²) in [6.07, 6.45) is 1.30. The van der Waals surface area contributed by atoms with Crippen molar-refractivity contribution in [1.29, 1.82) is 0 Å². The Hall–Kier alpha value is -9.42. The SMILES string of the molecule is O=c1oc(-c2[nH]c3ccccc3c2Cc2cc(Cc3c(-c4nc5ccccc5c(=O)o4)[nH]c4ccccc34)cc(Cc3c(-c4nc5ccccc5c(=O)o4)[nH]c4ccccc34)c2)nc2ccccc12. The Kier molecular flexibility index (Phi) is 9.19. The standard InChI is InChI=1S/C57H36N6O6/c64-55-37-16-4-10-22-46(37)61-52(67-55)49-40(34-13-1-7-19-43(34)58-49)28-31-25-32(29-41-35-14-2-8-20-44(35)59-50(41)53-62-47-23-11-5-17-38(47)56(65)68-53)27-33(26-31)30-42-36-15-3-9-21-45(36)60-51(42)54-63-48-24-12-6-18-39(48)57(66)69-54/h1-27,58-60H,28-30H2. The molecule has 0 aliphatic heterocycles. The van der Waals surface area contributed by atoms with Crippen LogP contribution in [0.2, 0.25) is 0 Å². The first-order valence-corrected chi connectivity index (χ1v) is 22.5. The Morgan fingerprint density at radius 2 is 0.594 bits per heavy atom. The Labute approximate surface area is 389 Å². The zero-order chi connectivity index (χ0) is 46.2. The average Bonchev–Trinajstić information content (AvgIpc) is 4.05. The number of nitrogens with zero attached hydrogens (tertiary/aromatic N) is 3. The molecule has 0 spiro atoms. The molecule has 0 aliphatic carbocycles. The van der Waals surface area contributed by atoms with Gasteiger partial charge in [0.05, 0.1) is 32.7 Å². The van der Waals surface area contributed by atoms with Crippen molar-refractivity contribution >= 4 is 65.4 Å². The van der Waals surface area contributed by atoms with E-state index in [0.29, 0.717) is 69.1 Å². The van der Waals surface area contributed by atoms with Gasteiger partial charge in [-0.05, 0) is 88.0 Å². The van der Waals surface area contributed by atoms with E-state index in [-0.39, 0.29) is 17.7 Å². The van der Waals surface area contributed by atoms with Crippen LogP contribution in [0.25, 0.3) is 100 Å². The number of aromatic amines is 3. The van der Waals surface area contributed by atoms with E-state index < -0.39 is 16.9 Å². The molecular weight excluding hydrogens is 865 g/mol. The maximum absolute atomic E-state index is 13.4. The molecule has 7 aromatic carbocycles. The number of H-pyrrole nitrogens is 3. The number of benzene rings is 7. The number of rotatable bonds is 9. The minimum Gasteiger partial charge on any atom is -0.401 e. The molecule has 0 fully saturated rings. The highest BCUT2D eigenvalue weighted by Gasteiger charge is 2.23. The van der Waals surface area contributed by atoms with Crippen molar-refractivity contribution in [1.82, 2.24) is 29.9 Å². The largest absolute Gasteiger partial charge is 0.401 e. The van der Waals surface area contributed by atoms with E-state index in [2.05, 4.69) is 51.4 Å². The summed E-state index contributed by atoms with van der Waals surface area (Å²) in [5.41, 5.74) is 10.3. The van der Waals surface area contributed by atoms with Crippen molar-refractivity contribution in [2.75, 3.05) is 0 Å². The lowest BCUT2D eigenvalue weighted by molar-refractivity contribution is 0.516. The lowest BCUT2D eigenvalue weighted by atomic mass is 9.92. The molecule has 0 saturated heterocycles. The van der Waals surface area contributed by atoms with Gasteiger partial charge in [-0.2, -0.15) is 0 Å². The third-order valence-electron chi connectivity index (χ3n) is 12.9. The summed E-state index contributed by atoms with van der Waals surface area (Å²) in [6, 6.07) is 52.1. The van der Waals surface area contributed by atoms with E-state index in [0.717, 1.165) is 66.1 Å². The van der Waals surface area contributed by atoms with E-state index >= 15 is 0 Å². The van der Waals surface area contributed by atoms with E-state index in [4.69, 9.17) is 28.2 Å². The molecule has 6 aromatic heterocycles. The van der Waals surface area contributed by atoms with Gasteiger partial charge in [-0.15, -0.1) is 0 Å². The van der Waals surface area contributed by atoms with Crippen molar-refractivity contribution in [2.45, 2.75) is 19.3 Å². The average molecular weight is 901 g/mol. The first-order valence-electron chi connectivity index (χ1n) is 22.5. The normalized spacial score (nSPS) is 11.8. The van der Waals surface area contributed by atoms with Gasteiger partial charge in [0.15, 0.2) is 0 Å². The molecule has 12 heteroatoms. The molecule has 330 valence electrons. The summed E-state index contributed by atoms with van der Waals surface area (Å²) in [7, 11) is 0. The van der Waals surface area contributed by atoms with Gasteiger partial charge in [0.1, 0.15) is 17.1 Å². The van der Waals surface area contributed by atoms with Crippen molar-refractivity contribution in [3.63, 3.8) is 0 Å². The highest BCUT2D eigenvalue weighted by Crippen LogP contribution is 2.37. The first-order chi connectivity index (χ1) is 33.9. The van der Waals surface area contributed by atoms with Crippen molar-refractivity contribution in [3.8, 4) is 34.8 Å². The zero-order valence-corrected chi connectivity index (χ0v) is 36.5. The zero-order valence-electron chi connectivity index (χ0n) is 36.5. The Bertz CT molecular complexity index is 3940. The van der Waals surface area contributed by atoms with E-state index in [1.165, 1.54) is 0 Å². The topological polar surface area (TPSA) is 177 Å². The van der Waals surface area contributed by atoms with Crippen LogP contribution in [0.4, 0.5) is 0 Å². The van der Waals surface area contributed by atoms with Crippen LogP contribution in [0.1, 0.15) is 33.4 Å². The second-order valence-corrected chi connectivity index (χ2v) is 17.2. The maximum Gasteiger partial charge on any atom is 0.347 e. The van der Waals surface area contributed by atoms with Gasteiger partial charge < -0.3 is 28.2 Å². The molecule has 0 saturated carbocycles. The molecule has 13 aromatic rings. The minimum atomic E-state index is -0.470. The van der Waals surface area contributed by atoms with Gasteiger partial charge in [0.25, 0.3) is 0 Å². The van der Waals surface area contributed by atoms with Gasteiger partial charge >= 0.3 is 16.9 Å². The van der Waals surface area contributed by atoms with Crippen molar-refractivity contribution in [3.05, 3.63) is 228 Å². The molecule has 13 rings (SSSR count). The van der Waals surface area contributed by atoms with Crippen molar-refractivity contribution in [2.24, 2.45) is 0 Å². The second kappa shape index (κ2) is 15.9. The molecule has 0 atom stereocenters. The fourth-order valence-electron chi connectivity index (χ4n) is 9.83. The number of hydrogen-bond donors (Lipinski definition) is 3. The van der Waals surface area contributed by atoms with Gasteiger partial charge in [0.2, 0.25) is 17.7 Å². The molecular formula is C57H36N6O6. The van der Waals surface area contributed by atoms with Crippen LogP contribution in [0, 0.1) is 0 Å². The third-order valence-corrected chi connectivity index (χ3v) is 12.9. The molecule has 12 nitrogen and oxygen atoms in total. The Balaban J connectivity index is 0.999. The molecule has 6 heterocycles. The fraction of sp³-hybridized carbons (Fsp3) is 0.0526. The smallest absolute Gasteiger partial charge is 0.347 e. The Morgan fingerprint density at radius 3 is 0.899 bits per heavy atom. The number of hydrogen-bond acceptors (Lipinski definition) is 9. The summed E-state index contributed by atoms with van der Waals surface area (Å²) in [5, 5.41) is 4.10. The van der Waals surface area contributed by atoms with Crippen LogP contribution in [0.5, 0.6) is 0 Å². The monoisotopic (exact) mass is 900 g/mol. The van der Waals surface area contributed by atoms with Gasteiger partial charge in [-0.1, -0.05) is 109 Å². The Morgan fingerprint density at radius 1 is 0.333 bits per heavy atom. The number of para-hydroxylation sites is 6. The predicted molar refractivity (Wildman–Crippen MR) is 268 cm³/mol. The third kappa shape index (κ3) is 6.92. The van der Waals surface area contributed by atoms with Crippen LogP contribution in [-0.2, 0) is 19.3 Å². The summed E-state index contributed by atoms with van der Waals surface area (Å²) in [5.74, 6) is 0.589. The quantitative estimate of drug-likeness (QED) is 0.127. The molecule has 0 amide bonds. The van der Waals surface area contributed by atoms with Gasteiger partial charge in [-0.3, -0.25) is 0 Å². The van der Waals surface area contributed by atoms with E-state index in [1.807, 2.05) is 91.0 Å². The molecule has 0 radical (unpaired) electrons. The lowest BCUT2D eigenvalue weighted by Crippen LogP contribution is -2.05. The van der Waals surface area contributed by atoms with Gasteiger partial charge in [0, 0.05) is 52.0 Å². The number of fused-ring (bicyclic) bond motifs is 6. The summed E-state index contributed by atoms with van der Waals surface area (Å²) < 4.78 is 17.9. The summed E-state index contributed by atoms with van der Waals surface area (Å²) in [6.45, 7) is 0. The maximum atomic E-state index is 13.4. The lowest BCUT2D eigenvalue weighted by Gasteiger charge is -2.13. The second-order valence-electron chi connectivity index (χ2n) is 17.2. The molecule has 0 aliphatic rings. The first kappa shape index (κ1) is 39.9. The molecule has 0 bridgehead atoms. The van der Waals surface area contributed by atoms with E-state index in [1.54, 1.807) is 36.4 Å². The molecule has 69 heavy (non-hydrogen) atoms. The summed E-state index contributed by atoms with van der Waals surface area (Å²) >= 11 is 0. The van der Waals surface area contributed by atoms with Crippen molar-refractivity contribution < 1.29 is 13.3 Å². The summed E-state index contributed by atoms with van der Waals surface area (Å²) in [4.78, 5) is 65.3. The molecule has 3 N–H and O–H groups in total. The fourth-order valence-corrected chi connectivity index (χ4v) is 9.83. The molecule has 0 unspecified atom stereocenters. The van der Waals surface area contributed by atoms with E-state index in [9.17, 15) is 14.4 Å². The predicted octanol–water partition coefficient (Wildman–Crippen LogP) is 11.4. The highest BCUT2D eigenvalue weighted by molar-refractivity contribution is 5.93. The number of nitrogens with one attached hydrogen (secondary N) is 3. The minimum absolute atomic E-state index is 0.196.